The lowest BCUT2D eigenvalue weighted by molar-refractivity contribution is -0.0458. The number of aliphatic hydroxyl groups excluding tert-OH is 3. The summed E-state index contributed by atoms with van der Waals surface area (Å²) in [4.78, 5) is 15.0. The third-order valence-electron chi connectivity index (χ3n) is 4.27. The van der Waals surface area contributed by atoms with Crippen molar-refractivity contribution in [3.63, 3.8) is 0 Å². The van der Waals surface area contributed by atoms with Gasteiger partial charge in [0.05, 0.1) is 18.1 Å². The molecule has 0 amide bonds. The first-order chi connectivity index (χ1) is 12.3. The molecule has 1 atom stereocenters. The van der Waals surface area contributed by atoms with Crippen molar-refractivity contribution in [3.8, 4) is 0 Å². The number of hydrogen-bond donors (Lipinski definition) is 3. The summed E-state index contributed by atoms with van der Waals surface area (Å²) in [5.41, 5.74) is 2.41. The number of ketones is 1. The number of nitrogens with zero attached hydrogens (tertiary/aromatic N) is 1. The minimum atomic E-state index is -1.04. The quantitative estimate of drug-likeness (QED) is 0.486. The van der Waals surface area contributed by atoms with E-state index in [-0.39, 0.29) is 24.3 Å². The molecular formula is C20H27NO4S. The molecule has 5 nitrogen and oxygen atoms in total. The fourth-order valence-electron chi connectivity index (χ4n) is 2.90. The van der Waals surface area contributed by atoms with Gasteiger partial charge in [0.1, 0.15) is 6.23 Å². The maximum absolute atomic E-state index is 12.7. The van der Waals surface area contributed by atoms with E-state index in [1.807, 2.05) is 29.6 Å². The maximum Gasteiger partial charge on any atom is 0.202 e. The molecule has 0 aliphatic heterocycles. The van der Waals surface area contributed by atoms with Crippen molar-refractivity contribution >= 4 is 17.1 Å². The van der Waals surface area contributed by atoms with Gasteiger partial charge >= 0.3 is 0 Å². The molecule has 2 aromatic rings. The van der Waals surface area contributed by atoms with E-state index in [4.69, 9.17) is 0 Å². The monoisotopic (exact) mass is 377 g/mol. The molecule has 0 saturated heterocycles. The van der Waals surface area contributed by atoms with Crippen LogP contribution in [0.25, 0.3) is 0 Å². The fraction of sp³-hybridized carbons (Fsp3) is 0.450. The van der Waals surface area contributed by atoms with Crippen LogP contribution in [0.1, 0.15) is 47.1 Å². The Morgan fingerprint density at radius 2 is 1.96 bits per heavy atom. The summed E-state index contributed by atoms with van der Waals surface area (Å²) in [5.74, 6) is -0.000317. The topological polar surface area (TPSA) is 81.0 Å². The van der Waals surface area contributed by atoms with Crippen LogP contribution in [0.15, 0.2) is 35.7 Å². The number of rotatable bonds is 8. The van der Waals surface area contributed by atoms with Gasteiger partial charge in [-0.2, -0.15) is 0 Å². The molecule has 0 saturated carbocycles. The van der Waals surface area contributed by atoms with Gasteiger partial charge in [0.15, 0.2) is 0 Å². The van der Waals surface area contributed by atoms with Gasteiger partial charge in [0.2, 0.25) is 5.78 Å². The highest BCUT2D eigenvalue weighted by molar-refractivity contribution is 7.12. The zero-order valence-electron chi connectivity index (χ0n) is 15.5. The van der Waals surface area contributed by atoms with Crippen LogP contribution in [0.2, 0.25) is 0 Å². The van der Waals surface area contributed by atoms with E-state index in [2.05, 4.69) is 20.8 Å². The fourth-order valence-corrected chi connectivity index (χ4v) is 3.59. The molecule has 1 aromatic heterocycles. The van der Waals surface area contributed by atoms with E-state index in [9.17, 15) is 20.1 Å². The Bertz CT molecular complexity index is 722. The number of benzene rings is 1. The lowest BCUT2D eigenvalue weighted by Gasteiger charge is -2.30. The Morgan fingerprint density at radius 1 is 1.23 bits per heavy atom. The summed E-state index contributed by atoms with van der Waals surface area (Å²) in [6.45, 7) is 6.33. The number of carbonyl (C=O) groups excluding carboxylic acids is 1. The van der Waals surface area contributed by atoms with E-state index < -0.39 is 12.8 Å². The summed E-state index contributed by atoms with van der Waals surface area (Å²) in [6, 6.07) is 9.29. The van der Waals surface area contributed by atoms with Crippen molar-refractivity contribution in [1.82, 2.24) is 4.90 Å². The average molecular weight is 378 g/mol. The van der Waals surface area contributed by atoms with E-state index >= 15 is 0 Å². The number of carbonyl (C=O) groups is 1. The first kappa shape index (κ1) is 20.7. The van der Waals surface area contributed by atoms with Gasteiger partial charge in [-0.3, -0.25) is 9.69 Å². The smallest absolute Gasteiger partial charge is 0.202 e. The van der Waals surface area contributed by atoms with Crippen LogP contribution in [0, 0.1) is 0 Å². The van der Waals surface area contributed by atoms with Crippen LogP contribution in [-0.4, -0.2) is 52.0 Å². The summed E-state index contributed by atoms with van der Waals surface area (Å²) in [6.07, 6.45) is -1.04. The van der Waals surface area contributed by atoms with E-state index in [1.165, 1.54) is 11.3 Å². The standard InChI is InChI=1S/C20H27NO4S/c1-20(2,3)16-11-14(19(25)17-5-4-10-26-17)6-7-15(16)12-21(8-9-22)18(24)13-23/h4-7,10-11,18,22-24H,8-9,12-13H2,1-3H3. The number of hydrogen-bond acceptors (Lipinski definition) is 6. The predicted octanol–water partition coefficient (Wildman–Crippen LogP) is 2.38. The van der Waals surface area contributed by atoms with Gasteiger partial charge in [0.25, 0.3) is 0 Å². The highest BCUT2D eigenvalue weighted by atomic mass is 32.1. The normalized spacial score (nSPS) is 13.2. The number of aliphatic hydroxyl groups is 3. The second-order valence-electron chi connectivity index (χ2n) is 7.29. The maximum atomic E-state index is 12.7. The van der Waals surface area contributed by atoms with Crippen molar-refractivity contribution in [3.05, 3.63) is 57.3 Å². The highest BCUT2D eigenvalue weighted by Gasteiger charge is 2.23. The van der Waals surface area contributed by atoms with Crippen molar-refractivity contribution in [2.45, 2.75) is 39.0 Å². The molecule has 0 radical (unpaired) electrons. The number of thiophene rings is 1. The van der Waals surface area contributed by atoms with Crippen molar-refractivity contribution in [2.24, 2.45) is 0 Å². The van der Waals surface area contributed by atoms with Gasteiger partial charge < -0.3 is 15.3 Å². The molecule has 6 heteroatoms. The summed E-state index contributed by atoms with van der Waals surface area (Å²) >= 11 is 1.42. The molecule has 3 N–H and O–H groups in total. The third kappa shape index (κ3) is 4.99. The molecule has 0 aliphatic rings. The van der Waals surface area contributed by atoms with E-state index in [0.29, 0.717) is 17.0 Å². The van der Waals surface area contributed by atoms with Crippen LogP contribution in [0.5, 0.6) is 0 Å². The SMILES string of the molecule is CC(C)(C)c1cc(C(=O)c2cccs2)ccc1CN(CCO)C(O)CO. The Kier molecular flexibility index (Phi) is 7.08. The van der Waals surface area contributed by atoms with Crippen molar-refractivity contribution < 1.29 is 20.1 Å². The summed E-state index contributed by atoms with van der Waals surface area (Å²) < 4.78 is 0. The molecule has 0 spiro atoms. The molecule has 0 fully saturated rings. The van der Waals surface area contributed by atoms with Gasteiger partial charge in [-0.1, -0.05) is 39.0 Å². The van der Waals surface area contributed by atoms with Crippen LogP contribution >= 0.6 is 11.3 Å². The molecule has 26 heavy (non-hydrogen) atoms. The van der Waals surface area contributed by atoms with Crippen molar-refractivity contribution in [2.75, 3.05) is 19.8 Å². The van der Waals surface area contributed by atoms with Gasteiger partial charge in [-0.05, 0) is 34.1 Å². The van der Waals surface area contributed by atoms with E-state index in [1.54, 1.807) is 11.0 Å². The highest BCUT2D eigenvalue weighted by Crippen LogP contribution is 2.29. The lowest BCUT2D eigenvalue weighted by atomic mass is 9.82. The third-order valence-corrected chi connectivity index (χ3v) is 5.14. The van der Waals surface area contributed by atoms with Crippen LogP contribution in [0.3, 0.4) is 0 Å². The first-order valence-corrected chi connectivity index (χ1v) is 9.51. The van der Waals surface area contributed by atoms with Crippen LogP contribution < -0.4 is 0 Å². The Morgan fingerprint density at radius 3 is 2.50 bits per heavy atom. The molecule has 2 rings (SSSR count). The van der Waals surface area contributed by atoms with Crippen LogP contribution in [0.4, 0.5) is 0 Å². The molecule has 0 aliphatic carbocycles. The van der Waals surface area contributed by atoms with Gasteiger partial charge in [-0.15, -0.1) is 11.3 Å². The largest absolute Gasteiger partial charge is 0.395 e. The average Bonchev–Trinajstić information content (AvgIpc) is 3.14. The van der Waals surface area contributed by atoms with Crippen LogP contribution in [-0.2, 0) is 12.0 Å². The predicted molar refractivity (Wildman–Crippen MR) is 103 cm³/mol. The summed E-state index contributed by atoms with van der Waals surface area (Å²) in [5, 5.41) is 30.3. The molecule has 1 heterocycles. The molecule has 142 valence electrons. The second kappa shape index (κ2) is 8.88. The zero-order valence-corrected chi connectivity index (χ0v) is 16.3. The Balaban J connectivity index is 2.39. The van der Waals surface area contributed by atoms with E-state index in [0.717, 1.165) is 11.1 Å². The minimum absolute atomic E-state index is 0.000317. The lowest BCUT2D eigenvalue weighted by Crippen LogP contribution is -2.39. The molecular weight excluding hydrogens is 350 g/mol. The van der Waals surface area contributed by atoms with Gasteiger partial charge in [-0.25, -0.2) is 0 Å². The first-order valence-electron chi connectivity index (χ1n) is 8.63. The Hall–Kier alpha value is -1.57. The summed E-state index contributed by atoms with van der Waals surface area (Å²) in [7, 11) is 0. The molecule has 1 unspecified atom stereocenters. The minimum Gasteiger partial charge on any atom is -0.395 e. The zero-order chi connectivity index (χ0) is 19.3. The Labute approximate surface area is 158 Å². The second-order valence-corrected chi connectivity index (χ2v) is 8.23. The van der Waals surface area contributed by atoms with Crippen molar-refractivity contribution in [1.29, 1.82) is 0 Å². The molecule has 1 aromatic carbocycles. The molecule has 0 bridgehead atoms. The van der Waals surface area contributed by atoms with Gasteiger partial charge in [0, 0.05) is 18.7 Å².